The number of aryl methyl sites for hydroxylation is 1. The molecule has 0 saturated carbocycles. The maximum atomic E-state index is 11.9. The van der Waals surface area contributed by atoms with Crippen LogP contribution in [0.1, 0.15) is 29.2 Å². The van der Waals surface area contributed by atoms with Gasteiger partial charge >= 0.3 is 0 Å². The van der Waals surface area contributed by atoms with Gasteiger partial charge in [0.05, 0.1) is 16.7 Å². The van der Waals surface area contributed by atoms with Gasteiger partial charge in [0.2, 0.25) is 5.91 Å². The van der Waals surface area contributed by atoms with E-state index < -0.39 is 0 Å². The molecule has 1 aromatic carbocycles. The van der Waals surface area contributed by atoms with Gasteiger partial charge < -0.3 is 5.32 Å². The van der Waals surface area contributed by atoms with Gasteiger partial charge in [-0.05, 0) is 31.6 Å². The first kappa shape index (κ1) is 14.8. The van der Waals surface area contributed by atoms with Crippen molar-refractivity contribution < 1.29 is 4.79 Å². The lowest BCUT2D eigenvalue weighted by molar-refractivity contribution is -0.117. The standard InChI is InChI=1S/C15H15ClN2OS/c1-10(13-5-3-4-6-14(13)16)17-15(19)8-7-12-9-20-11(2)18-12/h3-10H,1-2H3,(H,17,19)/b8-7-/t10-/m0/s1. The van der Waals surface area contributed by atoms with Crippen molar-refractivity contribution >= 4 is 34.9 Å². The maximum Gasteiger partial charge on any atom is 0.244 e. The fourth-order valence-electron chi connectivity index (χ4n) is 1.78. The van der Waals surface area contributed by atoms with Gasteiger partial charge in [-0.1, -0.05) is 29.8 Å². The van der Waals surface area contributed by atoms with Crippen LogP contribution in [0.5, 0.6) is 0 Å². The lowest BCUT2D eigenvalue weighted by atomic mass is 10.1. The number of carbonyl (C=O) groups is 1. The number of halogens is 1. The first-order valence-corrected chi connectivity index (χ1v) is 7.47. The fraction of sp³-hybridized carbons (Fsp3) is 0.200. The minimum Gasteiger partial charge on any atom is -0.346 e. The Morgan fingerprint density at radius 3 is 2.85 bits per heavy atom. The highest BCUT2D eigenvalue weighted by Gasteiger charge is 2.10. The van der Waals surface area contributed by atoms with Gasteiger partial charge in [0, 0.05) is 16.5 Å². The molecule has 3 nitrogen and oxygen atoms in total. The second kappa shape index (κ2) is 6.68. The van der Waals surface area contributed by atoms with E-state index in [1.54, 1.807) is 17.4 Å². The van der Waals surface area contributed by atoms with E-state index in [0.29, 0.717) is 5.02 Å². The molecular weight excluding hydrogens is 292 g/mol. The molecule has 0 radical (unpaired) electrons. The highest BCUT2D eigenvalue weighted by molar-refractivity contribution is 7.09. The third-order valence-corrected chi connectivity index (χ3v) is 3.91. The van der Waals surface area contributed by atoms with Gasteiger partial charge in [0.15, 0.2) is 0 Å². The molecule has 0 saturated heterocycles. The zero-order valence-corrected chi connectivity index (χ0v) is 12.8. The summed E-state index contributed by atoms with van der Waals surface area (Å²) in [6.07, 6.45) is 3.19. The molecule has 0 bridgehead atoms. The van der Waals surface area contributed by atoms with Crippen molar-refractivity contribution in [3.8, 4) is 0 Å². The average molecular weight is 307 g/mol. The number of benzene rings is 1. The number of hydrogen-bond donors (Lipinski definition) is 1. The van der Waals surface area contributed by atoms with Gasteiger partial charge in [-0.2, -0.15) is 0 Å². The molecule has 0 aliphatic heterocycles. The Labute approximate surface area is 127 Å². The summed E-state index contributed by atoms with van der Waals surface area (Å²) in [5, 5.41) is 6.43. The smallest absolute Gasteiger partial charge is 0.244 e. The summed E-state index contributed by atoms with van der Waals surface area (Å²) >= 11 is 7.66. The summed E-state index contributed by atoms with van der Waals surface area (Å²) in [5.41, 5.74) is 1.70. The van der Waals surface area contributed by atoms with Crippen LogP contribution in [-0.4, -0.2) is 10.9 Å². The van der Waals surface area contributed by atoms with Gasteiger partial charge in [-0.25, -0.2) is 4.98 Å². The molecule has 2 aromatic rings. The first-order valence-electron chi connectivity index (χ1n) is 6.21. The summed E-state index contributed by atoms with van der Waals surface area (Å²) < 4.78 is 0. The van der Waals surface area contributed by atoms with E-state index in [-0.39, 0.29) is 11.9 Å². The number of rotatable bonds is 4. The summed E-state index contributed by atoms with van der Waals surface area (Å²) in [5.74, 6) is -0.164. The van der Waals surface area contributed by atoms with Crippen molar-refractivity contribution in [3.05, 3.63) is 57.0 Å². The highest BCUT2D eigenvalue weighted by Crippen LogP contribution is 2.22. The van der Waals surface area contributed by atoms with E-state index in [9.17, 15) is 4.79 Å². The predicted molar refractivity (Wildman–Crippen MR) is 83.9 cm³/mol. The number of thiazole rings is 1. The average Bonchev–Trinajstić information content (AvgIpc) is 2.82. The van der Waals surface area contributed by atoms with Crippen LogP contribution in [-0.2, 0) is 4.79 Å². The molecule has 0 aliphatic carbocycles. The van der Waals surface area contributed by atoms with Crippen LogP contribution >= 0.6 is 22.9 Å². The molecule has 0 fully saturated rings. The van der Waals surface area contributed by atoms with Crippen LogP contribution < -0.4 is 5.32 Å². The SMILES string of the molecule is Cc1nc(/C=C\C(=O)N[C@@H](C)c2ccccc2Cl)cs1. The van der Waals surface area contributed by atoms with E-state index in [1.807, 2.05) is 43.5 Å². The van der Waals surface area contributed by atoms with Crippen LogP contribution in [0.15, 0.2) is 35.7 Å². The zero-order chi connectivity index (χ0) is 14.5. The Morgan fingerprint density at radius 2 is 2.20 bits per heavy atom. The van der Waals surface area contributed by atoms with E-state index in [2.05, 4.69) is 10.3 Å². The molecule has 5 heteroatoms. The highest BCUT2D eigenvalue weighted by atomic mass is 35.5. The Kier molecular flexibility index (Phi) is 4.93. The third kappa shape index (κ3) is 3.92. The molecule has 104 valence electrons. The minimum absolute atomic E-state index is 0.141. The number of nitrogens with zero attached hydrogens (tertiary/aromatic N) is 1. The molecule has 0 unspecified atom stereocenters. The van der Waals surface area contributed by atoms with Crippen LogP contribution in [0.3, 0.4) is 0 Å². The molecule has 1 atom stereocenters. The van der Waals surface area contributed by atoms with Gasteiger partial charge in [0.1, 0.15) is 0 Å². The van der Waals surface area contributed by atoms with Crippen LogP contribution in [0.4, 0.5) is 0 Å². The summed E-state index contributed by atoms with van der Waals surface area (Å²) in [6, 6.07) is 7.34. The molecule has 1 N–H and O–H groups in total. The number of carbonyl (C=O) groups excluding carboxylic acids is 1. The molecule has 2 rings (SSSR count). The quantitative estimate of drug-likeness (QED) is 0.868. The minimum atomic E-state index is -0.164. The van der Waals surface area contributed by atoms with Crippen molar-refractivity contribution in [1.82, 2.24) is 10.3 Å². The monoisotopic (exact) mass is 306 g/mol. The van der Waals surface area contributed by atoms with E-state index in [1.165, 1.54) is 6.08 Å². The molecular formula is C15H15ClN2OS. The zero-order valence-electron chi connectivity index (χ0n) is 11.3. The van der Waals surface area contributed by atoms with Crippen LogP contribution in [0.25, 0.3) is 6.08 Å². The van der Waals surface area contributed by atoms with Crippen LogP contribution in [0, 0.1) is 6.92 Å². The van der Waals surface area contributed by atoms with Crippen molar-refractivity contribution in [1.29, 1.82) is 0 Å². The Bertz CT molecular complexity index is 636. The van der Waals surface area contributed by atoms with Crippen molar-refractivity contribution in [2.75, 3.05) is 0 Å². The van der Waals surface area contributed by atoms with E-state index in [4.69, 9.17) is 11.6 Å². The summed E-state index contributed by atoms with van der Waals surface area (Å²) in [4.78, 5) is 16.1. The van der Waals surface area contributed by atoms with Gasteiger partial charge in [0.25, 0.3) is 0 Å². The van der Waals surface area contributed by atoms with Gasteiger partial charge in [-0.15, -0.1) is 11.3 Å². The number of aromatic nitrogens is 1. The lowest BCUT2D eigenvalue weighted by Gasteiger charge is -2.14. The Morgan fingerprint density at radius 1 is 1.45 bits per heavy atom. The molecule has 0 aliphatic rings. The first-order chi connectivity index (χ1) is 9.56. The van der Waals surface area contributed by atoms with Crippen molar-refractivity contribution in [2.24, 2.45) is 0 Å². The topological polar surface area (TPSA) is 42.0 Å². The second-order valence-electron chi connectivity index (χ2n) is 4.38. The van der Waals surface area contributed by atoms with Crippen molar-refractivity contribution in [2.45, 2.75) is 19.9 Å². The Balaban J connectivity index is 1.98. The number of hydrogen-bond acceptors (Lipinski definition) is 3. The number of nitrogens with one attached hydrogen (secondary N) is 1. The number of amides is 1. The molecule has 1 amide bonds. The molecule has 1 aromatic heterocycles. The predicted octanol–water partition coefficient (Wildman–Crippen LogP) is 4.00. The summed E-state index contributed by atoms with van der Waals surface area (Å²) in [6.45, 7) is 3.83. The molecule has 1 heterocycles. The van der Waals surface area contributed by atoms with E-state index in [0.717, 1.165) is 16.3 Å². The van der Waals surface area contributed by atoms with E-state index >= 15 is 0 Å². The van der Waals surface area contributed by atoms with Crippen LogP contribution in [0.2, 0.25) is 5.02 Å². The maximum absolute atomic E-state index is 11.9. The third-order valence-electron chi connectivity index (χ3n) is 2.77. The fourth-order valence-corrected chi connectivity index (χ4v) is 2.66. The van der Waals surface area contributed by atoms with Gasteiger partial charge in [-0.3, -0.25) is 4.79 Å². The second-order valence-corrected chi connectivity index (χ2v) is 5.85. The largest absolute Gasteiger partial charge is 0.346 e. The van der Waals surface area contributed by atoms with Crippen molar-refractivity contribution in [3.63, 3.8) is 0 Å². The Hall–Kier alpha value is -1.65. The molecule has 20 heavy (non-hydrogen) atoms. The summed E-state index contributed by atoms with van der Waals surface area (Å²) in [7, 11) is 0. The molecule has 0 spiro atoms. The lowest BCUT2D eigenvalue weighted by Crippen LogP contribution is -2.24. The normalized spacial score (nSPS) is 12.6.